The van der Waals surface area contributed by atoms with Gasteiger partial charge in [-0.05, 0) is 17.8 Å². The summed E-state index contributed by atoms with van der Waals surface area (Å²) < 4.78 is 0. The lowest BCUT2D eigenvalue weighted by Gasteiger charge is -2.20. The van der Waals surface area contributed by atoms with Crippen molar-refractivity contribution in [1.82, 2.24) is 10.6 Å². The molecule has 0 aliphatic carbocycles. The molecule has 0 unspecified atom stereocenters. The number of allylic oxidation sites excluding steroid dienone is 1. The van der Waals surface area contributed by atoms with Crippen LogP contribution in [0.25, 0.3) is 0 Å². The van der Waals surface area contributed by atoms with Gasteiger partial charge in [0.15, 0.2) is 0 Å². The molecule has 0 saturated heterocycles. The molecule has 0 radical (unpaired) electrons. The van der Waals surface area contributed by atoms with Crippen LogP contribution in [-0.4, -0.2) is 18.4 Å². The Morgan fingerprint density at radius 2 is 2.00 bits per heavy atom. The van der Waals surface area contributed by atoms with E-state index in [-0.39, 0.29) is 11.8 Å². The topological polar surface area (TPSA) is 58.2 Å². The minimum absolute atomic E-state index is 0.217. The molecule has 2 rings (SSSR count). The second-order valence-corrected chi connectivity index (χ2v) is 2.77. The minimum Gasteiger partial charge on any atom is -0.387 e. The summed E-state index contributed by atoms with van der Waals surface area (Å²) >= 11 is 0. The van der Waals surface area contributed by atoms with Gasteiger partial charge in [-0.1, -0.05) is 13.8 Å². The van der Waals surface area contributed by atoms with Gasteiger partial charge in [-0.2, -0.15) is 0 Å². The maximum absolute atomic E-state index is 11.2. The predicted octanol–water partition coefficient (Wildman–Crippen LogP) is 0.473. The Kier molecular flexibility index (Phi) is 3.45. The first-order valence-corrected chi connectivity index (χ1v) is 4.73. The van der Waals surface area contributed by atoms with E-state index in [1.807, 2.05) is 13.8 Å². The molecule has 0 spiro atoms. The second-order valence-electron chi connectivity index (χ2n) is 2.77. The number of carbonyl (C=O) groups is 2. The highest BCUT2D eigenvalue weighted by Gasteiger charge is 2.24. The van der Waals surface area contributed by atoms with E-state index in [1.54, 1.807) is 12.3 Å². The second kappa shape index (κ2) is 4.60. The van der Waals surface area contributed by atoms with Crippen molar-refractivity contribution in [2.24, 2.45) is 0 Å². The van der Waals surface area contributed by atoms with Crippen molar-refractivity contribution in [2.75, 3.05) is 6.54 Å². The van der Waals surface area contributed by atoms with Crippen molar-refractivity contribution in [1.29, 1.82) is 0 Å². The molecule has 0 fully saturated rings. The van der Waals surface area contributed by atoms with Crippen LogP contribution in [-0.2, 0) is 9.59 Å². The molecule has 14 heavy (non-hydrogen) atoms. The summed E-state index contributed by atoms with van der Waals surface area (Å²) in [5, 5.41) is 5.19. The van der Waals surface area contributed by atoms with Crippen molar-refractivity contribution in [3.8, 4) is 0 Å². The lowest BCUT2D eigenvalue weighted by atomic mass is 9.98. The van der Waals surface area contributed by atoms with E-state index in [9.17, 15) is 9.59 Å². The van der Waals surface area contributed by atoms with Crippen LogP contribution in [0.1, 0.15) is 20.3 Å². The first-order valence-electron chi connectivity index (χ1n) is 4.73. The summed E-state index contributed by atoms with van der Waals surface area (Å²) in [6.45, 7) is 4.52. The summed E-state index contributed by atoms with van der Waals surface area (Å²) in [4.78, 5) is 22.1. The maximum atomic E-state index is 11.2. The van der Waals surface area contributed by atoms with Crippen LogP contribution < -0.4 is 10.6 Å². The van der Waals surface area contributed by atoms with Gasteiger partial charge >= 0.3 is 0 Å². The van der Waals surface area contributed by atoms with E-state index in [4.69, 9.17) is 0 Å². The Morgan fingerprint density at radius 1 is 1.29 bits per heavy atom. The van der Waals surface area contributed by atoms with Crippen molar-refractivity contribution in [3.63, 3.8) is 0 Å². The van der Waals surface area contributed by atoms with Gasteiger partial charge in [0.25, 0.3) is 5.91 Å². The fourth-order valence-corrected chi connectivity index (χ4v) is 1.35. The third kappa shape index (κ3) is 2.02. The molecule has 2 aliphatic heterocycles. The van der Waals surface area contributed by atoms with Crippen LogP contribution in [0.3, 0.4) is 0 Å². The van der Waals surface area contributed by atoms with E-state index in [1.165, 1.54) is 0 Å². The molecule has 0 saturated carbocycles. The molecule has 4 heteroatoms. The zero-order valence-electron chi connectivity index (χ0n) is 8.39. The molecule has 2 heterocycles. The van der Waals surface area contributed by atoms with Crippen LogP contribution in [0.5, 0.6) is 0 Å². The van der Waals surface area contributed by atoms with Crippen LogP contribution in [0.4, 0.5) is 0 Å². The van der Waals surface area contributed by atoms with Gasteiger partial charge in [0.1, 0.15) is 0 Å². The zero-order chi connectivity index (χ0) is 10.6. The number of imide groups is 1. The van der Waals surface area contributed by atoms with E-state index in [0.717, 1.165) is 5.57 Å². The smallest absolute Gasteiger partial charge is 0.255 e. The molecule has 0 aromatic heterocycles. The SMILES string of the molecule is CC.O=C1CC2=C(CNC=C2)C(=O)N1. The Balaban J connectivity index is 0.000000461. The average molecular weight is 194 g/mol. The van der Waals surface area contributed by atoms with Crippen LogP contribution in [0.2, 0.25) is 0 Å². The Bertz CT molecular complexity index is 316. The third-order valence-electron chi connectivity index (χ3n) is 1.95. The Morgan fingerprint density at radius 3 is 2.71 bits per heavy atom. The minimum atomic E-state index is -0.266. The Labute approximate surface area is 83.1 Å². The van der Waals surface area contributed by atoms with E-state index in [2.05, 4.69) is 10.6 Å². The normalized spacial score (nSPS) is 19.0. The standard InChI is InChI=1S/C8H8N2O2.C2H6/c11-7-3-5-1-2-9-4-6(5)8(12)10-7;1-2/h1-2,9H,3-4H2,(H,10,11,12);1-2H3. The quantitative estimate of drug-likeness (QED) is 0.551. The first kappa shape index (κ1) is 10.5. The van der Waals surface area contributed by atoms with Crippen LogP contribution in [0, 0.1) is 0 Å². The number of hydrogen-bond donors (Lipinski definition) is 2. The lowest BCUT2D eigenvalue weighted by molar-refractivity contribution is -0.129. The summed E-state index contributed by atoms with van der Waals surface area (Å²) in [5.41, 5.74) is 1.51. The molecular formula is C10H14N2O2. The summed E-state index contributed by atoms with van der Waals surface area (Å²) in [7, 11) is 0. The molecule has 2 N–H and O–H groups in total. The number of carbonyl (C=O) groups excluding carboxylic acids is 2. The van der Waals surface area contributed by atoms with Crippen molar-refractivity contribution >= 4 is 11.8 Å². The zero-order valence-corrected chi connectivity index (χ0v) is 8.39. The fourth-order valence-electron chi connectivity index (χ4n) is 1.35. The predicted molar refractivity (Wildman–Crippen MR) is 53.3 cm³/mol. The molecule has 0 aromatic carbocycles. The maximum Gasteiger partial charge on any atom is 0.255 e. The summed E-state index contributed by atoms with van der Waals surface area (Å²) in [6.07, 6.45) is 3.85. The third-order valence-corrected chi connectivity index (χ3v) is 1.95. The van der Waals surface area contributed by atoms with Crippen LogP contribution in [0.15, 0.2) is 23.4 Å². The van der Waals surface area contributed by atoms with Gasteiger partial charge in [-0.15, -0.1) is 0 Å². The van der Waals surface area contributed by atoms with Gasteiger partial charge in [-0.25, -0.2) is 0 Å². The Hall–Kier alpha value is -1.58. The first-order chi connectivity index (χ1) is 6.77. The number of dihydropyridines is 1. The van der Waals surface area contributed by atoms with Gasteiger partial charge in [0, 0.05) is 12.1 Å². The van der Waals surface area contributed by atoms with Crippen molar-refractivity contribution in [2.45, 2.75) is 20.3 Å². The largest absolute Gasteiger partial charge is 0.387 e. The van der Waals surface area contributed by atoms with Gasteiger partial charge < -0.3 is 5.32 Å². The number of hydrogen-bond acceptors (Lipinski definition) is 3. The number of rotatable bonds is 0. The van der Waals surface area contributed by atoms with Crippen molar-refractivity contribution in [3.05, 3.63) is 23.4 Å². The highest BCUT2D eigenvalue weighted by molar-refractivity contribution is 6.09. The summed E-state index contributed by atoms with van der Waals surface area (Å²) in [6, 6.07) is 0. The van der Waals surface area contributed by atoms with Crippen molar-refractivity contribution < 1.29 is 9.59 Å². The van der Waals surface area contributed by atoms with Crippen LogP contribution >= 0.6 is 0 Å². The van der Waals surface area contributed by atoms with E-state index in [0.29, 0.717) is 18.5 Å². The molecule has 0 atom stereocenters. The molecular weight excluding hydrogens is 180 g/mol. The summed E-state index contributed by atoms with van der Waals surface area (Å²) in [5.74, 6) is -0.483. The fraction of sp³-hybridized carbons (Fsp3) is 0.400. The number of nitrogens with one attached hydrogen (secondary N) is 2. The molecule has 76 valence electrons. The number of amides is 2. The molecule has 2 aliphatic rings. The van der Waals surface area contributed by atoms with E-state index >= 15 is 0 Å². The molecule has 4 nitrogen and oxygen atoms in total. The average Bonchev–Trinajstić information content (AvgIpc) is 2.20. The highest BCUT2D eigenvalue weighted by Crippen LogP contribution is 2.17. The van der Waals surface area contributed by atoms with Gasteiger partial charge in [-0.3, -0.25) is 14.9 Å². The monoisotopic (exact) mass is 194 g/mol. The van der Waals surface area contributed by atoms with Gasteiger partial charge in [0.2, 0.25) is 5.91 Å². The molecule has 0 bridgehead atoms. The molecule has 0 aromatic rings. The van der Waals surface area contributed by atoms with Gasteiger partial charge in [0.05, 0.1) is 6.42 Å². The molecule has 2 amide bonds. The highest BCUT2D eigenvalue weighted by atomic mass is 16.2. The lowest BCUT2D eigenvalue weighted by Crippen LogP contribution is -2.40. The van der Waals surface area contributed by atoms with E-state index < -0.39 is 0 Å².